The Morgan fingerprint density at radius 1 is 1.19 bits per heavy atom. The molecule has 1 amide bonds. The van der Waals surface area contributed by atoms with Crippen LogP contribution in [0.1, 0.15) is 40.0 Å². The van der Waals surface area contributed by atoms with E-state index in [4.69, 9.17) is 4.74 Å². The highest BCUT2D eigenvalue weighted by Crippen LogP contribution is 2.27. The summed E-state index contributed by atoms with van der Waals surface area (Å²) in [6.07, 6.45) is 3.38. The van der Waals surface area contributed by atoms with Gasteiger partial charge in [0.2, 0.25) is 5.91 Å². The summed E-state index contributed by atoms with van der Waals surface area (Å²) in [5.74, 6) is 2.22. The monoisotopic (exact) mass is 388 g/mol. The molecule has 0 saturated carbocycles. The lowest BCUT2D eigenvalue weighted by molar-refractivity contribution is -0.134. The first-order valence-corrected chi connectivity index (χ1v) is 10.5. The molecule has 2 aromatic rings. The van der Waals surface area contributed by atoms with E-state index in [1.165, 1.54) is 18.2 Å². The molecule has 3 rings (SSSR count). The van der Waals surface area contributed by atoms with Crippen molar-refractivity contribution in [3.05, 3.63) is 24.3 Å². The molecule has 27 heavy (non-hydrogen) atoms. The molecule has 0 aliphatic carbocycles. The van der Waals surface area contributed by atoms with Crippen LogP contribution in [0.4, 0.5) is 0 Å². The summed E-state index contributed by atoms with van der Waals surface area (Å²) >= 11 is 1.47. The quantitative estimate of drug-likeness (QED) is 0.704. The Labute approximate surface area is 165 Å². The molecule has 1 aliphatic heterocycles. The number of amides is 1. The highest BCUT2D eigenvalue weighted by Gasteiger charge is 2.29. The van der Waals surface area contributed by atoms with Crippen molar-refractivity contribution in [2.75, 3.05) is 12.9 Å². The number of benzene rings is 1. The second-order valence-electron chi connectivity index (χ2n) is 7.00. The molecule has 146 valence electrons. The van der Waals surface area contributed by atoms with E-state index >= 15 is 0 Å². The predicted molar refractivity (Wildman–Crippen MR) is 108 cm³/mol. The molecule has 1 aromatic carbocycles. The van der Waals surface area contributed by atoms with E-state index in [1.54, 1.807) is 7.11 Å². The fourth-order valence-electron chi connectivity index (χ4n) is 3.75. The van der Waals surface area contributed by atoms with E-state index in [9.17, 15) is 4.79 Å². The van der Waals surface area contributed by atoms with Crippen LogP contribution in [0.15, 0.2) is 29.4 Å². The van der Waals surface area contributed by atoms with Crippen molar-refractivity contribution in [1.29, 1.82) is 0 Å². The standard InChI is InChI=1S/C20H28N4O2S/c1-5-23-19(16-9-11-17(26-4)12-10-16)21-22-20(23)27-13-18(25)24-14(2)7-6-8-15(24)3/h9-12,14-15H,5-8,13H2,1-4H3/t14-,15-/m0/s1. The van der Waals surface area contributed by atoms with E-state index in [0.717, 1.165) is 41.7 Å². The molecule has 1 aliphatic rings. The molecular weight excluding hydrogens is 360 g/mol. The van der Waals surface area contributed by atoms with Crippen molar-refractivity contribution < 1.29 is 9.53 Å². The molecule has 6 nitrogen and oxygen atoms in total. The van der Waals surface area contributed by atoms with Gasteiger partial charge in [0.25, 0.3) is 0 Å². The van der Waals surface area contributed by atoms with Gasteiger partial charge in [0, 0.05) is 24.2 Å². The van der Waals surface area contributed by atoms with Crippen LogP contribution in [0.25, 0.3) is 11.4 Å². The van der Waals surface area contributed by atoms with E-state index in [0.29, 0.717) is 17.8 Å². The van der Waals surface area contributed by atoms with Gasteiger partial charge in [-0.3, -0.25) is 4.79 Å². The molecule has 0 spiro atoms. The van der Waals surface area contributed by atoms with Crippen molar-refractivity contribution in [2.45, 2.75) is 63.8 Å². The first kappa shape index (κ1) is 19.7. The maximum absolute atomic E-state index is 12.8. The summed E-state index contributed by atoms with van der Waals surface area (Å²) in [5, 5.41) is 9.48. The highest BCUT2D eigenvalue weighted by molar-refractivity contribution is 7.99. The van der Waals surface area contributed by atoms with E-state index in [-0.39, 0.29) is 5.91 Å². The average Bonchev–Trinajstić information content (AvgIpc) is 3.09. The molecule has 0 radical (unpaired) electrons. The van der Waals surface area contributed by atoms with Gasteiger partial charge < -0.3 is 14.2 Å². The predicted octanol–water partition coefficient (Wildman–Crippen LogP) is 3.86. The van der Waals surface area contributed by atoms with E-state index in [1.807, 2.05) is 29.2 Å². The second kappa shape index (κ2) is 8.78. The Bertz CT molecular complexity index is 765. The van der Waals surface area contributed by atoms with Gasteiger partial charge in [0.1, 0.15) is 5.75 Å². The Hall–Kier alpha value is -2.02. The maximum atomic E-state index is 12.8. The molecule has 1 saturated heterocycles. The molecule has 0 N–H and O–H groups in total. The smallest absolute Gasteiger partial charge is 0.233 e. The third-order valence-electron chi connectivity index (χ3n) is 5.19. The number of hydrogen-bond donors (Lipinski definition) is 0. The third-order valence-corrected chi connectivity index (χ3v) is 6.14. The number of hydrogen-bond acceptors (Lipinski definition) is 5. The van der Waals surface area contributed by atoms with Crippen molar-refractivity contribution in [1.82, 2.24) is 19.7 Å². The Kier molecular flexibility index (Phi) is 6.42. The fourth-order valence-corrected chi connectivity index (χ4v) is 4.62. The van der Waals surface area contributed by atoms with Gasteiger partial charge in [-0.15, -0.1) is 10.2 Å². The normalized spacial score (nSPS) is 19.9. The molecule has 1 aromatic heterocycles. The highest BCUT2D eigenvalue weighted by atomic mass is 32.2. The second-order valence-corrected chi connectivity index (χ2v) is 7.94. The zero-order valence-electron chi connectivity index (χ0n) is 16.5. The van der Waals surface area contributed by atoms with Crippen LogP contribution in [0.2, 0.25) is 0 Å². The number of carbonyl (C=O) groups excluding carboxylic acids is 1. The van der Waals surface area contributed by atoms with Crippen LogP contribution in [-0.4, -0.2) is 50.5 Å². The third kappa shape index (κ3) is 4.29. The maximum Gasteiger partial charge on any atom is 0.233 e. The largest absolute Gasteiger partial charge is 0.497 e. The SMILES string of the molecule is CCn1c(SCC(=O)N2[C@@H](C)CCC[C@@H]2C)nnc1-c1ccc(OC)cc1. The van der Waals surface area contributed by atoms with Gasteiger partial charge in [0.05, 0.1) is 12.9 Å². The molecule has 0 bridgehead atoms. The number of nitrogens with zero attached hydrogens (tertiary/aromatic N) is 4. The lowest BCUT2D eigenvalue weighted by Gasteiger charge is -2.39. The molecule has 0 unspecified atom stereocenters. The minimum Gasteiger partial charge on any atom is -0.497 e. The number of ether oxygens (including phenoxy) is 1. The molecule has 2 atom stereocenters. The summed E-state index contributed by atoms with van der Waals surface area (Å²) < 4.78 is 7.28. The van der Waals surface area contributed by atoms with Crippen molar-refractivity contribution in [3.63, 3.8) is 0 Å². The van der Waals surface area contributed by atoms with Crippen LogP contribution in [-0.2, 0) is 11.3 Å². The number of methoxy groups -OCH3 is 1. The van der Waals surface area contributed by atoms with Gasteiger partial charge >= 0.3 is 0 Å². The van der Waals surface area contributed by atoms with E-state index in [2.05, 4.69) is 35.5 Å². The first-order chi connectivity index (χ1) is 13.0. The fraction of sp³-hybridized carbons (Fsp3) is 0.550. The number of likely N-dealkylation sites (tertiary alicyclic amines) is 1. The zero-order chi connectivity index (χ0) is 19.4. The average molecular weight is 389 g/mol. The summed E-state index contributed by atoms with van der Waals surface area (Å²) in [6, 6.07) is 8.43. The number of thioether (sulfide) groups is 1. The Morgan fingerprint density at radius 3 is 2.44 bits per heavy atom. The number of aromatic nitrogens is 3. The molecule has 7 heteroatoms. The van der Waals surface area contributed by atoms with Gasteiger partial charge in [0.15, 0.2) is 11.0 Å². The zero-order valence-corrected chi connectivity index (χ0v) is 17.3. The first-order valence-electron chi connectivity index (χ1n) is 9.56. The summed E-state index contributed by atoms with van der Waals surface area (Å²) in [7, 11) is 1.65. The Morgan fingerprint density at radius 2 is 1.85 bits per heavy atom. The van der Waals surface area contributed by atoms with E-state index < -0.39 is 0 Å². The van der Waals surface area contributed by atoms with Crippen molar-refractivity contribution in [2.24, 2.45) is 0 Å². The van der Waals surface area contributed by atoms with Crippen LogP contribution in [0.5, 0.6) is 5.75 Å². The number of carbonyl (C=O) groups is 1. The summed E-state index contributed by atoms with van der Waals surface area (Å²) in [5.41, 5.74) is 0.988. The van der Waals surface area contributed by atoms with Crippen LogP contribution in [0.3, 0.4) is 0 Å². The minimum atomic E-state index is 0.191. The molecule has 2 heterocycles. The van der Waals surface area contributed by atoms with Crippen molar-refractivity contribution in [3.8, 4) is 17.1 Å². The van der Waals surface area contributed by atoms with Gasteiger partial charge in [-0.05, 0) is 64.3 Å². The Balaban J connectivity index is 1.72. The topological polar surface area (TPSA) is 60.2 Å². The van der Waals surface area contributed by atoms with Crippen molar-refractivity contribution >= 4 is 17.7 Å². The lowest BCUT2D eigenvalue weighted by Crippen LogP contribution is -2.48. The van der Waals surface area contributed by atoms with Gasteiger partial charge in [-0.1, -0.05) is 11.8 Å². The number of rotatable bonds is 6. The van der Waals surface area contributed by atoms with Gasteiger partial charge in [-0.25, -0.2) is 0 Å². The lowest BCUT2D eigenvalue weighted by atomic mass is 9.98. The van der Waals surface area contributed by atoms with Crippen LogP contribution < -0.4 is 4.74 Å². The van der Waals surface area contributed by atoms with Crippen LogP contribution in [0, 0.1) is 0 Å². The summed E-state index contributed by atoms with van der Waals surface area (Å²) in [6.45, 7) is 7.11. The number of piperidine rings is 1. The van der Waals surface area contributed by atoms with Crippen LogP contribution >= 0.6 is 11.8 Å². The summed E-state index contributed by atoms with van der Waals surface area (Å²) in [4.78, 5) is 14.8. The van der Waals surface area contributed by atoms with Gasteiger partial charge in [-0.2, -0.15) is 0 Å². The molecule has 1 fully saturated rings. The molecular formula is C20H28N4O2S. The minimum absolute atomic E-state index is 0.191.